The van der Waals surface area contributed by atoms with Crippen molar-refractivity contribution in [3.8, 4) is 0 Å². The SMILES string of the molecule is Cc1nc(N2CCN(Cc3ccccc3)C2=O)sc1C(=O)NCc1cc(F)cc(F)c1. The number of amides is 3. The molecule has 0 aliphatic carbocycles. The maximum atomic E-state index is 13.3. The lowest BCUT2D eigenvalue weighted by Crippen LogP contribution is -2.31. The fraction of sp³-hybridized carbons (Fsp3) is 0.227. The number of hydrogen-bond donors (Lipinski definition) is 1. The predicted molar refractivity (Wildman–Crippen MR) is 114 cm³/mol. The van der Waals surface area contributed by atoms with Crippen molar-refractivity contribution in [1.29, 1.82) is 0 Å². The molecule has 2 heterocycles. The third-order valence-electron chi connectivity index (χ3n) is 4.91. The number of aryl methyl sites for hydroxylation is 1. The Morgan fingerprint density at radius 3 is 2.52 bits per heavy atom. The summed E-state index contributed by atoms with van der Waals surface area (Å²) in [6.45, 7) is 3.24. The maximum Gasteiger partial charge on any atom is 0.326 e. The average Bonchev–Trinajstić information content (AvgIpc) is 3.29. The van der Waals surface area contributed by atoms with Gasteiger partial charge in [-0.25, -0.2) is 18.6 Å². The second-order valence-electron chi connectivity index (χ2n) is 7.21. The number of urea groups is 1. The van der Waals surface area contributed by atoms with Gasteiger partial charge in [-0.3, -0.25) is 9.69 Å². The molecule has 0 bridgehead atoms. The zero-order valence-corrected chi connectivity index (χ0v) is 17.6. The Balaban J connectivity index is 1.42. The van der Waals surface area contributed by atoms with Crippen LogP contribution in [0.25, 0.3) is 0 Å². The van der Waals surface area contributed by atoms with Crippen LogP contribution in [0.1, 0.15) is 26.5 Å². The Hall–Kier alpha value is -3.33. The molecule has 4 rings (SSSR count). The summed E-state index contributed by atoms with van der Waals surface area (Å²) in [5, 5.41) is 3.11. The van der Waals surface area contributed by atoms with Gasteiger partial charge in [0, 0.05) is 32.2 Å². The van der Waals surface area contributed by atoms with Gasteiger partial charge < -0.3 is 10.2 Å². The third-order valence-corrected chi connectivity index (χ3v) is 6.09. The number of carbonyl (C=O) groups is 2. The first kappa shape index (κ1) is 20.9. The van der Waals surface area contributed by atoms with E-state index in [1.54, 1.807) is 16.7 Å². The van der Waals surface area contributed by atoms with Crippen molar-refractivity contribution >= 4 is 28.4 Å². The topological polar surface area (TPSA) is 65.5 Å². The second kappa shape index (κ2) is 8.81. The number of thiazole rings is 1. The van der Waals surface area contributed by atoms with E-state index in [1.165, 1.54) is 12.1 Å². The zero-order chi connectivity index (χ0) is 22.0. The van der Waals surface area contributed by atoms with E-state index in [-0.39, 0.29) is 12.6 Å². The van der Waals surface area contributed by atoms with Gasteiger partial charge in [0.2, 0.25) is 0 Å². The molecular formula is C22H20F2N4O2S. The number of aromatic nitrogens is 1. The molecule has 160 valence electrons. The summed E-state index contributed by atoms with van der Waals surface area (Å²) in [5.41, 5.74) is 1.86. The number of anilines is 1. The summed E-state index contributed by atoms with van der Waals surface area (Å²) >= 11 is 1.13. The highest BCUT2D eigenvalue weighted by Crippen LogP contribution is 2.29. The highest BCUT2D eigenvalue weighted by Gasteiger charge is 2.32. The monoisotopic (exact) mass is 442 g/mol. The van der Waals surface area contributed by atoms with Gasteiger partial charge in [0.15, 0.2) is 5.13 Å². The average molecular weight is 442 g/mol. The molecule has 1 fully saturated rings. The van der Waals surface area contributed by atoms with Gasteiger partial charge in [-0.15, -0.1) is 0 Å². The molecule has 0 spiro atoms. The molecule has 1 N–H and O–H groups in total. The number of carbonyl (C=O) groups excluding carboxylic acids is 2. The largest absolute Gasteiger partial charge is 0.347 e. The van der Waals surface area contributed by atoms with Crippen molar-refractivity contribution in [1.82, 2.24) is 15.2 Å². The van der Waals surface area contributed by atoms with E-state index in [4.69, 9.17) is 0 Å². The Kier molecular flexibility index (Phi) is 5.94. The van der Waals surface area contributed by atoms with Crippen LogP contribution in [0.2, 0.25) is 0 Å². The summed E-state index contributed by atoms with van der Waals surface area (Å²) in [4.78, 5) is 33.5. The van der Waals surface area contributed by atoms with E-state index in [0.717, 1.165) is 23.0 Å². The second-order valence-corrected chi connectivity index (χ2v) is 8.19. The first-order chi connectivity index (χ1) is 14.9. The van der Waals surface area contributed by atoms with E-state index >= 15 is 0 Å². The number of hydrogen-bond acceptors (Lipinski definition) is 4. The number of benzene rings is 2. The molecule has 31 heavy (non-hydrogen) atoms. The van der Waals surface area contributed by atoms with Gasteiger partial charge in [0.25, 0.3) is 5.91 Å². The van der Waals surface area contributed by atoms with Crippen molar-refractivity contribution < 1.29 is 18.4 Å². The number of rotatable bonds is 6. The van der Waals surface area contributed by atoms with Gasteiger partial charge in [0.1, 0.15) is 16.5 Å². The molecule has 0 atom stereocenters. The summed E-state index contributed by atoms with van der Waals surface area (Å²) in [6, 6.07) is 12.7. The van der Waals surface area contributed by atoms with E-state index in [0.29, 0.717) is 40.9 Å². The van der Waals surface area contributed by atoms with E-state index < -0.39 is 17.5 Å². The van der Waals surface area contributed by atoms with Crippen molar-refractivity contribution in [3.63, 3.8) is 0 Å². The van der Waals surface area contributed by atoms with Crippen LogP contribution in [-0.2, 0) is 13.1 Å². The molecule has 2 aromatic carbocycles. The normalized spacial score (nSPS) is 13.7. The molecule has 1 aromatic heterocycles. The van der Waals surface area contributed by atoms with Gasteiger partial charge in [-0.05, 0) is 30.2 Å². The summed E-state index contributed by atoms with van der Waals surface area (Å²) in [7, 11) is 0. The van der Waals surface area contributed by atoms with Crippen LogP contribution in [0.5, 0.6) is 0 Å². The van der Waals surface area contributed by atoms with Crippen molar-refractivity contribution in [2.24, 2.45) is 0 Å². The minimum atomic E-state index is -0.701. The van der Waals surface area contributed by atoms with Crippen LogP contribution in [0.15, 0.2) is 48.5 Å². The van der Waals surface area contributed by atoms with Crippen LogP contribution >= 0.6 is 11.3 Å². The fourth-order valence-electron chi connectivity index (χ4n) is 3.39. The van der Waals surface area contributed by atoms with Crippen LogP contribution < -0.4 is 10.2 Å². The summed E-state index contributed by atoms with van der Waals surface area (Å²) < 4.78 is 26.6. The van der Waals surface area contributed by atoms with E-state index in [2.05, 4.69) is 10.3 Å². The number of halogens is 2. The first-order valence-electron chi connectivity index (χ1n) is 9.71. The van der Waals surface area contributed by atoms with Crippen LogP contribution in [-0.4, -0.2) is 34.9 Å². The molecule has 3 aromatic rings. The van der Waals surface area contributed by atoms with E-state index in [9.17, 15) is 18.4 Å². The third kappa shape index (κ3) is 4.72. The minimum absolute atomic E-state index is 0.0202. The Labute approximate surface area is 182 Å². The van der Waals surface area contributed by atoms with Crippen LogP contribution in [0.4, 0.5) is 18.7 Å². The Morgan fingerprint density at radius 1 is 1.10 bits per heavy atom. The molecule has 0 unspecified atom stereocenters. The molecule has 0 saturated carbocycles. The van der Waals surface area contributed by atoms with Gasteiger partial charge in [-0.2, -0.15) is 0 Å². The van der Waals surface area contributed by atoms with Gasteiger partial charge >= 0.3 is 6.03 Å². The molecule has 9 heteroatoms. The smallest absolute Gasteiger partial charge is 0.326 e. The lowest BCUT2D eigenvalue weighted by Gasteiger charge is -2.16. The fourth-order valence-corrected chi connectivity index (χ4v) is 4.40. The maximum absolute atomic E-state index is 13.3. The predicted octanol–water partition coefficient (Wildman–Crippen LogP) is 4.10. The molecule has 1 aliphatic rings. The first-order valence-corrected chi connectivity index (χ1v) is 10.5. The quantitative estimate of drug-likeness (QED) is 0.625. The van der Waals surface area contributed by atoms with Gasteiger partial charge in [0.05, 0.1) is 5.69 Å². The summed E-state index contributed by atoms with van der Waals surface area (Å²) in [6.07, 6.45) is 0. The van der Waals surface area contributed by atoms with Crippen LogP contribution in [0.3, 0.4) is 0 Å². The lowest BCUT2D eigenvalue weighted by molar-refractivity contribution is 0.0954. The lowest BCUT2D eigenvalue weighted by atomic mass is 10.2. The van der Waals surface area contributed by atoms with E-state index in [1.807, 2.05) is 30.3 Å². The zero-order valence-electron chi connectivity index (χ0n) is 16.8. The van der Waals surface area contributed by atoms with Crippen molar-refractivity contribution in [2.75, 3.05) is 18.0 Å². The Morgan fingerprint density at radius 2 is 1.81 bits per heavy atom. The van der Waals surface area contributed by atoms with Crippen LogP contribution in [0, 0.1) is 18.6 Å². The molecule has 0 radical (unpaired) electrons. The highest BCUT2D eigenvalue weighted by molar-refractivity contribution is 7.17. The molecule has 1 aliphatic heterocycles. The number of nitrogens with one attached hydrogen (secondary N) is 1. The van der Waals surface area contributed by atoms with Crippen molar-refractivity contribution in [2.45, 2.75) is 20.0 Å². The Bertz CT molecular complexity index is 1100. The van der Waals surface area contributed by atoms with Gasteiger partial charge in [-0.1, -0.05) is 41.7 Å². The number of nitrogens with zero attached hydrogens (tertiary/aromatic N) is 3. The standard InChI is InChI=1S/C22H20F2N4O2S/c1-14-19(20(29)25-12-16-9-17(23)11-18(24)10-16)31-21(26-14)28-8-7-27(22(28)30)13-15-5-3-2-4-6-15/h2-6,9-11H,7-8,12-13H2,1H3,(H,25,29). The summed E-state index contributed by atoms with van der Waals surface area (Å²) in [5.74, 6) is -1.81. The molecule has 1 saturated heterocycles. The van der Waals surface area contributed by atoms with Crippen molar-refractivity contribution in [3.05, 3.63) is 81.9 Å². The molecule has 3 amide bonds. The molecule has 6 nitrogen and oxygen atoms in total. The minimum Gasteiger partial charge on any atom is -0.347 e. The molecular weight excluding hydrogens is 422 g/mol. The highest BCUT2D eigenvalue weighted by atomic mass is 32.1.